The fraction of sp³-hybridized carbons (Fsp3) is 0.190. The van der Waals surface area contributed by atoms with Crippen molar-refractivity contribution in [3.05, 3.63) is 75.7 Å². The highest BCUT2D eigenvalue weighted by Crippen LogP contribution is 2.29. The van der Waals surface area contributed by atoms with Crippen molar-refractivity contribution in [2.75, 3.05) is 5.32 Å². The Balaban J connectivity index is 1.87. The number of sulfone groups is 1. The maximum atomic E-state index is 12.8. The van der Waals surface area contributed by atoms with Gasteiger partial charge in [-0.05, 0) is 63.1 Å². The smallest absolute Gasteiger partial charge is 0.265 e. The van der Waals surface area contributed by atoms with Gasteiger partial charge in [0.25, 0.3) is 5.91 Å². The highest BCUT2D eigenvalue weighted by Gasteiger charge is 2.22. The Hall–Kier alpha value is -2.44. The van der Waals surface area contributed by atoms with Crippen LogP contribution < -0.4 is 5.32 Å². The monoisotopic (exact) mass is 399 g/mol. The third-order valence-electron chi connectivity index (χ3n) is 4.32. The third-order valence-corrected chi connectivity index (χ3v) is 7.66. The first kappa shape index (κ1) is 19.3. The molecule has 27 heavy (non-hydrogen) atoms. The standard InChI is InChI=1S/C21H21NO3S2/c1-13-5-7-17(8-6-13)27(24,25)19-10-9-18(26-19)21(23)22-20-15(3)11-14(2)12-16(20)4/h5-12H,1-4H3,(H,22,23). The molecule has 6 heteroatoms. The summed E-state index contributed by atoms with van der Waals surface area (Å²) in [4.78, 5) is 13.2. The van der Waals surface area contributed by atoms with E-state index < -0.39 is 9.84 Å². The molecule has 0 aliphatic heterocycles. The first-order valence-electron chi connectivity index (χ1n) is 8.49. The van der Waals surface area contributed by atoms with E-state index in [0.717, 1.165) is 39.3 Å². The van der Waals surface area contributed by atoms with Crippen molar-refractivity contribution in [2.45, 2.75) is 36.8 Å². The minimum absolute atomic E-state index is 0.161. The van der Waals surface area contributed by atoms with E-state index in [1.165, 1.54) is 6.07 Å². The molecular formula is C21H21NO3S2. The minimum Gasteiger partial charge on any atom is -0.321 e. The number of amides is 1. The lowest BCUT2D eigenvalue weighted by Gasteiger charge is -2.12. The number of hydrogen-bond acceptors (Lipinski definition) is 4. The van der Waals surface area contributed by atoms with Gasteiger partial charge in [-0.25, -0.2) is 8.42 Å². The van der Waals surface area contributed by atoms with E-state index in [-0.39, 0.29) is 15.0 Å². The zero-order valence-electron chi connectivity index (χ0n) is 15.7. The van der Waals surface area contributed by atoms with E-state index >= 15 is 0 Å². The van der Waals surface area contributed by atoms with Crippen molar-refractivity contribution in [1.29, 1.82) is 0 Å². The molecule has 0 unspecified atom stereocenters. The molecule has 0 saturated carbocycles. The second-order valence-corrected chi connectivity index (χ2v) is 9.92. The molecule has 4 nitrogen and oxygen atoms in total. The van der Waals surface area contributed by atoms with Gasteiger partial charge < -0.3 is 5.32 Å². The SMILES string of the molecule is Cc1ccc(S(=O)(=O)c2ccc(C(=O)Nc3c(C)cc(C)cc3C)s2)cc1. The number of rotatable bonds is 4. The highest BCUT2D eigenvalue weighted by atomic mass is 32.2. The predicted octanol–water partition coefficient (Wildman–Crippen LogP) is 5.07. The van der Waals surface area contributed by atoms with Crippen LogP contribution in [0.25, 0.3) is 0 Å². The summed E-state index contributed by atoms with van der Waals surface area (Å²) in [5, 5.41) is 2.91. The van der Waals surface area contributed by atoms with E-state index in [1.807, 2.05) is 39.8 Å². The number of thiophene rings is 1. The molecule has 0 atom stereocenters. The quantitative estimate of drug-likeness (QED) is 0.666. The fourth-order valence-corrected chi connectivity index (χ4v) is 5.58. The van der Waals surface area contributed by atoms with E-state index in [0.29, 0.717) is 4.88 Å². The van der Waals surface area contributed by atoms with Crippen LogP contribution in [0.5, 0.6) is 0 Å². The number of carbonyl (C=O) groups is 1. The molecule has 2 aromatic carbocycles. The Bertz CT molecular complexity index is 1090. The van der Waals surface area contributed by atoms with Gasteiger partial charge in [0.1, 0.15) is 4.21 Å². The number of hydrogen-bond donors (Lipinski definition) is 1. The Morgan fingerprint density at radius 3 is 2.04 bits per heavy atom. The second-order valence-electron chi connectivity index (χ2n) is 6.66. The molecule has 1 aromatic heterocycles. The summed E-state index contributed by atoms with van der Waals surface area (Å²) in [6.07, 6.45) is 0. The molecule has 140 valence electrons. The second kappa shape index (κ2) is 7.29. The summed E-state index contributed by atoms with van der Waals surface area (Å²) in [6.45, 7) is 7.79. The third kappa shape index (κ3) is 3.96. The lowest BCUT2D eigenvalue weighted by molar-refractivity contribution is 0.103. The first-order valence-corrected chi connectivity index (χ1v) is 10.8. The zero-order valence-corrected chi connectivity index (χ0v) is 17.3. The summed E-state index contributed by atoms with van der Waals surface area (Å²) in [7, 11) is -3.62. The lowest BCUT2D eigenvalue weighted by Crippen LogP contribution is -2.12. The van der Waals surface area contributed by atoms with Gasteiger partial charge in [0.15, 0.2) is 0 Å². The Morgan fingerprint density at radius 1 is 0.852 bits per heavy atom. The van der Waals surface area contributed by atoms with Gasteiger partial charge in [0.2, 0.25) is 9.84 Å². The minimum atomic E-state index is -3.62. The molecular weight excluding hydrogens is 378 g/mol. The van der Waals surface area contributed by atoms with Crippen LogP contribution in [0.1, 0.15) is 31.9 Å². The largest absolute Gasteiger partial charge is 0.321 e. The molecule has 0 aliphatic rings. The fourth-order valence-electron chi connectivity index (χ4n) is 2.97. The number of nitrogens with one attached hydrogen (secondary N) is 1. The molecule has 1 amide bonds. The Labute approximate surface area is 163 Å². The van der Waals surface area contributed by atoms with Crippen molar-refractivity contribution in [1.82, 2.24) is 0 Å². The van der Waals surface area contributed by atoms with Gasteiger partial charge in [0, 0.05) is 5.69 Å². The molecule has 0 bridgehead atoms. The zero-order chi connectivity index (χ0) is 19.8. The van der Waals surface area contributed by atoms with Gasteiger partial charge >= 0.3 is 0 Å². The predicted molar refractivity (Wildman–Crippen MR) is 110 cm³/mol. The van der Waals surface area contributed by atoms with Gasteiger partial charge in [-0.3, -0.25) is 4.79 Å². The van der Waals surface area contributed by atoms with Gasteiger partial charge in [-0.15, -0.1) is 11.3 Å². The van der Waals surface area contributed by atoms with Crippen LogP contribution in [0.3, 0.4) is 0 Å². The molecule has 0 spiro atoms. The van der Waals surface area contributed by atoms with E-state index in [9.17, 15) is 13.2 Å². The number of benzene rings is 2. The van der Waals surface area contributed by atoms with E-state index in [2.05, 4.69) is 5.32 Å². The summed E-state index contributed by atoms with van der Waals surface area (Å²) in [5.74, 6) is -0.305. The topological polar surface area (TPSA) is 63.2 Å². The van der Waals surface area contributed by atoms with Gasteiger partial charge in [-0.2, -0.15) is 0 Å². The molecule has 0 radical (unpaired) electrons. The van der Waals surface area contributed by atoms with Crippen molar-refractivity contribution in [2.24, 2.45) is 0 Å². The average molecular weight is 400 g/mol. The maximum absolute atomic E-state index is 12.8. The Kier molecular flexibility index (Phi) is 5.22. The first-order chi connectivity index (χ1) is 12.7. The van der Waals surface area contributed by atoms with Crippen LogP contribution in [0, 0.1) is 27.7 Å². The van der Waals surface area contributed by atoms with Crippen LogP contribution in [0.2, 0.25) is 0 Å². The van der Waals surface area contributed by atoms with E-state index in [4.69, 9.17) is 0 Å². The molecule has 0 fully saturated rings. The summed E-state index contributed by atoms with van der Waals surface area (Å²) >= 11 is 0.981. The van der Waals surface area contributed by atoms with Crippen LogP contribution in [0.15, 0.2) is 57.6 Å². The summed E-state index contributed by atoms with van der Waals surface area (Å²) in [5.41, 5.74) is 4.84. The maximum Gasteiger partial charge on any atom is 0.265 e. The number of carbonyl (C=O) groups excluding carboxylic acids is 1. The lowest BCUT2D eigenvalue weighted by atomic mass is 10.1. The highest BCUT2D eigenvalue weighted by molar-refractivity contribution is 7.93. The van der Waals surface area contributed by atoms with Crippen LogP contribution in [0.4, 0.5) is 5.69 Å². The van der Waals surface area contributed by atoms with Crippen molar-refractivity contribution >= 4 is 32.8 Å². The van der Waals surface area contributed by atoms with Crippen LogP contribution in [-0.2, 0) is 9.84 Å². The molecule has 0 saturated heterocycles. The van der Waals surface area contributed by atoms with Gasteiger partial charge in [-0.1, -0.05) is 35.4 Å². The molecule has 0 aliphatic carbocycles. The molecule has 3 rings (SSSR count). The van der Waals surface area contributed by atoms with Crippen LogP contribution >= 0.6 is 11.3 Å². The Morgan fingerprint density at radius 2 is 1.44 bits per heavy atom. The summed E-state index contributed by atoms with van der Waals surface area (Å²) < 4.78 is 25.7. The van der Waals surface area contributed by atoms with Gasteiger partial charge in [0.05, 0.1) is 9.77 Å². The normalized spacial score (nSPS) is 11.4. The average Bonchev–Trinajstić information content (AvgIpc) is 3.09. The van der Waals surface area contributed by atoms with E-state index in [1.54, 1.807) is 30.3 Å². The van der Waals surface area contributed by atoms with Crippen molar-refractivity contribution in [3.8, 4) is 0 Å². The molecule has 1 heterocycles. The van der Waals surface area contributed by atoms with Crippen LogP contribution in [-0.4, -0.2) is 14.3 Å². The number of anilines is 1. The molecule has 3 aromatic rings. The molecule has 1 N–H and O–H groups in total. The van der Waals surface area contributed by atoms with Crippen molar-refractivity contribution in [3.63, 3.8) is 0 Å². The van der Waals surface area contributed by atoms with Crippen molar-refractivity contribution < 1.29 is 13.2 Å². The number of aryl methyl sites for hydroxylation is 4. The summed E-state index contributed by atoms with van der Waals surface area (Å²) in [6, 6.07) is 13.7.